The Labute approximate surface area is 103 Å². The summed E-state index contributed by atoms with van der Waals surface area (Å²) in [7, 11) is 0. The monoisotopic (exact) mass is 234 g/mol. The number of ether oxygens (including phenoxy) is 1. The molecule has 2 atom stereocenters. The van der Waals surface area contributed by atoms with E-state index in [1.807, 2.05) is 18.2 Å². The smallest absolute Gasteiger partial charge is 0.0645 e. The molecule has 0 amide bonds. The van der Waals surface area contributed by atoms with Crippen LogP contribution in [-0.4, -0.2) is 25.3 Å². The van der Waals surface area contributed by atoms with E-state index in [1.54, 1.807) is 0 Å². The van der Waals surface area contributed by atoms with Crippen molar-refractivity contribution in [2.75, 3.05) is 19.8 Å². The Bertz CT molecular complexity index is 333. The first-order valence-electron chi connectivity index (χ1n) is 6.33. The van der Waals surface area contributed by atoms with Crippen molar-refractivity contribution in [2.24, 2.45) is 5.73 Å². The molecule has 3 heteroatoms. The third-order valence-corrected chi connectivity index (χ3v) is 3.41. The summed E-state index contributed by atoms with van der Waals surface area (Å²) < 4.78 is 5.52. The molecule has 0 spiro atoms. The van der Waals surface area contributed by atoms with Crippen molar-refractivity contribution in [2.45, 2.75) is 31.3 Å². The molecule has 1 aromatic rings. The van der Waals surface area contributed by atoms with Crippen LogP contribution in [-0.2, 0) is 4.74 Å². The fourth-order valence-electron chi connectivity index (χ4n) is 2.25. The first kappa shape index (κ1) is 12.6. The zero-order valence-electron chi connectivity index (χ0n) is 10.5. The van der Waals surface area contributed by atoms with Gasteiger partial charge in [-0.05, 0) is 25.3 Å². The lowest BCUT2D eigenvalue weighted by Crippen LogP contribution is -2.50. The molecule has 1 saturated heterocycles. The molecule has 0 bridgehead atoms. The van der Waals surface area contributed by atoms with Gasteiger partial charge in [-0.2, -0.15) is 0 Å². The first-order chi connectivity index (χ1) is 8.20. The summed E-state index contributed by atoms with van der Waals surface area (Å²) in [4.78, 5) is 0. The topological polar surface area (TPSA) is 47.3 Å². The van der Waals surface area contributed by atoms with Crippen molar-refractivity contribution in [3.05, 3.63) is 35.9 Å². The van der Waals surface area contributed by atoms with Crippen LogP contribution in [0.25, 0.3) is 0 Å². The Morgan fingerprint density at radius 1 is 1.41 bits per heavy atom. The van der Waals surface area contributed by atoms with Crippen LogP contribution in [0, 0.1) is 0 Å². The van der Waals surface area contributed by atoms with Gasteiger partial charge in [-0.15, -0.1) is 0 Å². The maximum atomic E-state index is 6.17. The lowest BCUT2D eigenvalue weighted by atomic mass is 9.94. The van der Waals surface area contributed by atoms with Crippen LogP contribution in [0.5, 0.6) is 0 Å². The Morgan fingerprint density at radius 3 is 2.82 bits per heavy atom. The molecule has 94 valence electrons. The average Bonchev–Trinajstić information content (AvgIpc) is 2.38. The Balaban J connectivity index is 1.85. The molecule has 0 aromatic heterocycles. The molecule has 3 N–H and O–H groups in total. The number of benzene rings is 1. The zero-order valence-corrected chi connectivity index (χ0v) is 10.5. The summed E-state index contributed by atoms with van der Waals surface area (Å²) in [6.07, 6.45) is 2.29. The number of hydrogen-bond donors (Lipinski definition) is 2. The quantitative estimate of drug-likeness (QED) is 0.835. The van der Waals surface area contributed by atoms with E-state index in [9.17, 15) is 0 Å². The highest BCUT2D eigenvalue weighted by Gasteiger charge is 2.27. The number of nitrogens with one attached hydrogen (secondary N) is 1. The van der Waals surface area contributed by atoms with Gasteiger partial charge >= 0.3 is 0 Å². The molecule has 1 heterocycles. The number of nitrogens with two attached hydrogens (primary N) is 1. The van der Waals surface area contributed by atoms with Gasteiger partial charge in [0, 0.05) is 24.7 Å². The van der Waals surface area contributed by atoms with Gasteiger partial charge in [-0.3, -0.25) is 0 Å². The first-order valence-corrected chi connectivity index (χ1v) is 6.33. The fraction of sp³-hybridized carbons (Fsp3) is 0.571. The van der Waals surface area contributed by atoms with Crippen LogP contribution < -0.4 is 11.1 Å². The molecule has 1 fully saturated rings. The zero-order chi connectivity index (χ0) is 12.1. The lowest BCUT2D eigenvalue weighted by molar-refractivity contribution is 0.0281. The average molecular weight is 234 g/mol. The van der Waals surface area contributed by atoms with Crippen LogP contribution in [0.15, 0.2) is 30.3 Å². The van der Waals surface area contributed by atoms with E-state index in [-0.39, 0.29) is 11.6 Å². The summed E-state index contributed by atoms with van der Waals surface area (Å²) >= 11 is 0. The van der Waals surface area contributed by atoms with E-state index < -0.39 is 0 Å². The molecule has 2 unspecified atom stereocenters. The summed E-state index contributed by atoms with van der Waals surface area (Å²) in [5, 5.41) is 3.55. The summed E-state index contributed by atoms with van der Waals surface area (Å²) in [6.45, 7) is 4.68. The van der Waals surface area contributed by atoms with Gasteiger partial charge in [0.15, 0.2) is 0 Å². The summed E-state index contributed by atoms with van der Waals surface area (Å²) in [6, 6.07) is 10.3. The molecule has 0 radical (unpaired) electrons. The molecular weight excluding hydrogens is 212 g/mol. The minimum absolute atomic E-state index is 0.0509. The van der Waals surface area contributed by atoms with Crippen molar-refractivity contribution in [1.29, 1.82) is 0 Å². The SMILES string of the molecule is CC1(NCC(N)c2ccccc2)CCCOC1. The lowest BCUT2D eigenvalue weighted by Gasteiger charge is -2.35. The highest BCUT2D eigenvalue weighted by Crippen LogP contribution is 2.19. The molecule has 1 aliphatic rings. The second kappa shape index (κ2) is 5.63. The maximum Gasteiger partial charge on any atom is 0.0645 e. The molecule has 0 saturated carbocycles. The summed E-state index contributed by atoms with van der Waals surface area (Å²) in [5.74, 6) is 0. The van der Waals surface area contributed by atoms with E-state index >= 15 is 0 Å². The Morgan fingerprint density at radius 2 is 2.18 bits per heavy atom. The van der Waals surface area contributed by atoms with Crippen molar-refractivity contribution >= 4 is 0 Å². The largest absolute Gasteiger partial charge is 0.380 e. The number of rotatable bonds is 4. The molecule has 1 aliphatic heterocycles. The predicted molar refractivity (Wildman–Crippen MR) is 69.8 cm³/mol. The molecular formula is C14H22N2O. The second-order valence-electron chi connectivity index (χ2n) is 5.11. The number of hydrogen-bond acceptors (Lipinski definition) is 3. The van der Waals surface area contributed by atoms with E-state index in [1.165, 1.54) is 5.56 Å². The van der Waals surface area contributed by atoms with Crippen LogP contribution >= 0.6 is 0 Å². The minimum Gasteiger partial charge on any atom is -0.380 e. The molecule has 17 heavy (non-hydrogen) atoms. The Hall–Kier alpha value is -0.900. The van der Waals surface area contributed by atoms with Gasteiger partial charge in [0.2, 0.25) is 0 Å². The minimum atomic E-state index is 0.0509. The molecule has 3 nitrogen and oxygen atoms in total. The molecule has 0 aliphatic carbocycles. The summed E-state index contributed by atoms with van der Waals surface area (Å²) in [5.41, 5.74) is 7.44. The maximum absolute atomic E-state index is 6.17. The second-order valence-corrected chi connectivity index (χ2v) is 5.11. The van der Waals surface area contributed by atoms with Crippen LogP contribution in [0.2, 0.25) is 0 Å². The van der Waals surface area contributed by atoms with Crippen molar-refractivity contribution in [3.63, 3.8) is 0 Å². The van der Waals surface area contributed by atoms with E-state index in [2.05, 4.69) is 24.4 Å². The molecule has 1 aromatic carbocycles. The van der Waals surface area contributed by atoms with Gasteiger partial charge in [0.25, 0.3) is 0 Å². The fourth-order valence-corrected chi connectivity index (χ4v) is 2.25. The predicted octanol–water partition coefficient (Wildman–Crippen LogP) is 1.85. The van der Waals surface area contributed by atoms with Gasteiger partial charge in [0.1, 0.15) is 0 Å². The van der Waals surface area contributed by atoms with E-state index in [4.69, 9.17) is 10.5 Å². The highest BCUT2D eigenvalue weighted by molar-refractivity contribution is 5.18. The van der Waals surface area contributed by atoms with Crippen LogP contribution in [0.4, 0.5) is 0 Å². The van der Waals surface area contributed by atoms with Gasteiger partial charge in [0.05, 0.1) is 6.61 Å². The third-order valence-electron chi connectivity index (χ3n) is 3.41. The van der Waals surface area contributed by atoms with Crippen LogP contribution in [0.3, 0.4) is 0 Å². The van der Waals surface area contributed by atoms with Gasteiger partial charge in [-0.1, -0.05) is 30.3 Å². The van der Waals surface area contributed by atoms with Crippen molar-refractivity contribution < 1.29 is 4.74 Å². The van der Waals surface area contributed by atoms with Crippen LogP contribution in [0.1, 0.15) is 31.4 Å². The van der Waals surface area contributed by atoms with Gasteiger partial charge < -0.3 is 15.8 Å². The Kier molecular flexibility index (Phi) is 4.15. The normalized spacial score (nSPS) is 26.7. The van der Waals surface area contributed by atoms with Crippen molar-refractivity contribution in [1.82, 2.24) is 5.32 Å². The van der Waals surface area contributed by atoms with Gasteiger partial charge in [-0.25, -0.2) is 0 Å². The third kappa shape index (κ3) is 3.53. The van der Waals surface area contributed by atoms with Crippen molar-refractivity contribution in [3.8, 4) is 0 Å². The van der Waals surface area contributed by atoms with E-state index in [0.717, 1.165) is 32.6 Å². The standard InChI is InChI=1S/C14H22N2O/c1-14(8-5-9-17-11-14)16-10-13(15)12-6-3-2-4-7-12/h2-4,6-7,13,16H,5,8-11,15H2,1H3. The van der Waals surface area contributed by atoms with E-state index in [0.29, 0.717) is 0 Å². The molecule has 2 rings (SSSR count). The highest BCUT2D eigenvalue weighted by atomic mass is 16.5.